The van der Waals surface area contributed by atoms with Gasteiger partial charge < -0.3 is 10.2 Å². The lowest BCUT2D eigenvalue weighted by atomic mass is 9.91. The Morgan fingerprint density at radius 3 is 2.68 bits per heavy atom. The van der Waals surface area contributed by atoms with E-state index in [1.807, 2.05) is 42.6 Å². The third-order valence-electron chi connectivity index (χ3n) is 6.68. The lowest BCUT2D eigenvalue weighted by Crippen LogP contribution is -2.51. The molecule has 2 unspecified atom stereocenters. The molecule has 1 aliphatic rings. The molecular weight excluding hydrogens is 486 g/mol. The maximum Gasteiger partial charge on any atom is 0.254 e. The summed E-state index contributed by atoms with van der Waals surface area (Å²) in [4.78, 5) is 20.0. The van der Waals surface area contributed by atoms with Crippen molar-refractivity contribution < 1.29 is 4.79 Å². The molecule has 1 aromatic heterocycles. The van der Waals surface area contributed by atoms with Gasteiger partial charge in [0.25, 0.3) is 5.91 Å². The molecule has 5 heteroatoms. The molecule has 1 aliphatic heterocycles. The molecule has 2 atom stereocenters. The molecule has 0 saturated carbocycles. The van der Waals surface area contributed by atoms with Crippen LogP contribution in [0.25, 0.3) is 10.9 Å². The standard InChI is InChI=1S/C29H28BrN3O/c30-24-10-6-9-22(18-24)29(34)33-16-14-25(19-26(33)17-21-7-2-1-3-8-21)32-20-23-13-15-31-28-12-5-4-11-27(23)28/h1-13,15,18,25-26,32H,14,16-17,19-20H2. The second kappa shape index (κ2) is 10.5. The summed E-state index contributed by atoms with van der Waals surface area (Å²) in [5.74, 6) is 0.112. The van der Waals surface area contributed by atoms with Gasteiger partial charge >= 0.3 is 0 Å². The Morgan fingerprint density at radius 1 is 1.00 bits per heavy atom. The van der Waals surface area contributed by atoms with Gasteiger partial charge in [0.1, 0.15) is 0 Å². The number of hydrogen-bond acceptors (Lipinski definition) is 3. The smallest absolute Gasteiger partial charge is 0.254 e. The van der Waals surface area contributed by atoms with Crippen LogP contribution in [0.5, 0.6) is 0 Å². The highest BCUT2D eigenvalue weighted by atomic mass is 79.9. The highest BCUT2D eigenvalue weighted by Gasteiger charge is 2.32. The van der Waals surface area contributed by atoms with Gasteiger partial charge in [0, 0.05) is 46.8 Å². The van der Waals surface area contributed by atoms with Gasteiger partial charge in [-0.2, -0.15) is 0 Å². The molecule has 1 saturated heterocycles. The summed E-state index contributed by atoms with van der Waals surface area (Å²) in [6, 6.07) is 29.1. The Labute approximate surface area is 209 Å². The first kappa shape index (κ1) is 22.8. The topological polar surface area (TPSA) is 45.2 Å². The number of piperidine rings is 1. The quantitative estimate of drug-likeness (QED) is 0.343. The number of fused-ring (bicyclic) bond motifs is 1. The summed E-state index contributed by atoms with van der Waals surface area (Å²) < 4.78 is 0.930. The van der Waals surface area contributed by atoms with Crippen molar-refractivity contribution in [3.8, 4) is 0 Å². The summed E-state index contributed by atoms with van der Waals surface area (Å²) in [7, 11) is 0. The zero-order valence-corrected chi connectivity index (χ0v) is 20.6. The third kappa shape index (κ3) is 5.21. The van der Waals surface area contributed by atoms with Crippen LogP contribution in [-0.2, 0) is 13.0 Å². The largest absolute Gasteiger partial charge is 0.335 e. The van der Waals surface area contributed by atoms with Crippen molar-refractivity contribution >= 4 is 32.7 Å². The van der Waals surface area contributed by atoms with Crippen LogP contribution in [0, 0.1) is 0 Å². The van der Waals surface area contributed by atoms with Gasteiger partial charge in [-0.3, -0.25) is 9.78 Å². The predicted molar refractivity (Wildman–Crippen MR) is 141 cm³/mol. The number of carbonyl (C=O) groups excluding carboxylic acids is 1. The first-order valence-electron chi connectivity index (χ1n) is 11.8. The van der Waals surface area contributed by atoms with Crippen molar-refractivity contribution in [1.82, 2.24) is 15.2 Å². The Kier molecular flexibility index (Phi) is 7.02. The Bertz CT molecular complexity index is 1270. The molecule has 1 amide bonds. The summed E-state index contributed by atoms with van der Waals surface area (Å²) in [5.41, 5.74) is 4.29. The highest BCUT2D eigenvalue weighted by Crippen LogP contribution is 2.25. The van der Waals surface area contributed by atoms with E-state index in [-0.39, 0.29) is 11.9 Å². The average Bonchev–Trinajstić information content (AvgIpc) is 2.88. The molecule has 0 bridgehead atoms. The molecule has 0 spiro atoms. The zero-order chi connectivity index (χ0) is 23.3. The average molecular weight is 514 g/mol. The van der Waals surface area contributed by atoms with Crippen LogP contribution < -0.4 is 5.32 Å². The van der Waals surface area contributed by atoms with Crippen LogP contribution in [0.3, 0.4) is 0 Å². The fraction of sp³-hybridized carbons (Fsp3) is 0.241. The van der Waals surface area contributed by atoms with Gasteiger partial charge in [-0.1, -0.05) is 70.5 Å². The van der Waals surface area contributed by atoms with Crippen LogP contribution >= 0.6 is 15.9 Å². The number of nitrogens with one attached hydrogen (secondary N) is 1. The number of nitrogens with zero attached hydrogens (tertiary/aromatic N) is 2. The minimum absolute atomic E-state index is 0.112. The zero-order valence-electron chi connectivity index (χ0n) is 19.0. The summed E-state index contributed by atoms with van der Waals surface area (Å²) in [6.45, 7) is 1.54. The van der Waals surface area contributed by atoms with Crippen LogP contribution in [0.2, 0.25) is 0 Å². The Balaban J connectivity index is 1.33. The molecule has 2 heterocycles. The van der Waals surface area contributed by atoms with Crippen molar-refractivity contribution in [2.45, 2.75) is 37.9 Å². The summed E-state index contributed by atoms with van der Waals surface area (Å²) in [5, 5.41) is 4.98. The van der Waals surface area contributed by atoms with E-state index in [4.69, 9.17) is 0 Å². The maximum absolute atomic E-state index is 13.5. The molecule has 172 valence electrons. The number of aromatic nitrogens is 1. The van der Waals surface area contributed by atoms with Crippen molar-refractivity contribution in [1.29, 1.82) is 0 Å². The molecule has 4 nitrogen and oxygen atoms in total. The molecule has 3 aromatic carbocycles. The van der Waals surface area contributed by atoms with Gasteiger partial charge in [-0.05, 0) is 60.7 Å². The second-order valence-electron chi connectivity index (χ2n) is 8.94. The summed E-state index contributed by atoms with van der Waals surface area (Å²) >= 11 is 3.51. The normalized spacial score (nSPS) is 18.2. The Morgan fingerprint density at radius 2 is 1.82 bits per heavy atom. The molecule has 0 aliphatic carbocycles. The monoisotopic (exact) mass is 513 g/mol. The molecule has 5 rings (SSSR count). The van der Waals surface area contributed by atoms with Crippen molar-refractivity contribution in [2.75, 3.05) is 6.54 Å². The highest BCUT2D eigenvalue weighted by molar-refractivity contribution is 9.10. The van der Waals surface area contributed by atoms with E-state index in [9.17, 15) is 4.79 Å². The number of para-hydroxylation sites is 1. The van der Waals surface area contributed by atoms with Crippen molar-refractivity contribution in [2.24, 2.45) is 0 Å². The molecule has 1 N–H and O–H groups in total. The number of benzene rings is 3. The van der Waals surface area contributed by atoms with Gasteiger partial charge in [0.2, 0.25) is 0 Å². The first-order chi connectivity index (χ1) is 16.7. The fourth-order valence-corrected chi connectivity index (χ4v) is 5.33. The van der Waals surface area contributed by atoms with Crippen LogP contribution in [0.1, 0.15) is 34.3 Å². The molecule has 1 fully saturated rings. The van der Waals surface area contributed by atoms with Crippen LogP contribution in [0.15, 0.2) is 95.6 Å². The van der Waals surface area contributed by atoms with Crippen molar-refractivity contribution in [3.05, 3.63) is 112 Å². The van der Waals surface area contributed by atoms with Crippen LogP contribution in [-0.4, -0.2) is 34.4 Å². The molecule has 4 aromatic rings. The number of pyridine rings is 1. The maximum atomic E-state index is 13.5. The minimum Gasteiger partial charge on any atom is -0.335 e. The lowest BCUT2D eigenvalue weighted by Gasteiger charge is -2.40. The van der Waals surface area contributed by atoms with E-state index in [0.29, 0.717) is 6.04 Å². The SMILES string of the molecule is O=C(c1cccc(Br)c1)N1CCC(NCc2ccnc3ccccc23)CC1Cc1ccccc1. The van der Waals surface area contributed by atoms with E-state index in [0.717, 1.165) is 47.9 Å². The number of hydrogen-bond donors (Lipinski definition) is 1. The van der Waals surface area contributed by atoms with E-state index < -0.39 is 0 Å². The van der Waals surface area contributed by atoms with Gasteiger partial charge in [0.15, 0.2) is 0 Å². The third-order valence-corrected chi connectivity index (χ3v) is 7.18. The molecule has 0 radical (unpaired) electrons. The first-order valence-corrected chi connectivity index (χ1v) is 12.6. The van der Waals surface area contributed by atoms with Gasteiger partial charge in [0.05, 0.1) is 5.52 Å². The summed E-state index contributed by atoms with van der Waals surface area (Å²) in [6.07, 6.45) is 4.61. The fourth-order valence-electron chi connectivity index (χ4n) is 4.93. The number of halogens is 1. The number of likely N-dealkylation sites (tertiary alicyclic amines) is 1. The van der Waals surface area contributed by atoms with E-state index in [1.54, 1.807) is 0 Å². The molecular formula is C29H28BrN3O. The number of amides is 1. The molecule has 34 heavy (non-hydrogen) atoms. The minimum atomic E-state index is 0.112. The lowest BCUT2D eigenvalue weighted by molar-refractivity contribution is 0.0576. The van der Waals surface area contributed by atoms with E-state index >= 15 is 0 Å². The van der Waals surface area contributed by atoms with Crippen LogP contribution in [0.4, 0.5) is 0 Å². The van der Waals surface area contributed by atoms with E-state index in [1.165, 1.54) is 16.5 Å². The van der Waals surface area contributed by atoms with E-state index in [2.05, 4.69) is 79.7 Å². The Hall–Kier alpha value is -3.02. The van der Waals surface area contributed by atoms with Gasteiger partial charge in [-0.25, -0.2) is 0 Å². The second-order valence-corrected chi connectivity index (χ2v) is 9.86. The number of rotatable bonds is 6. The predicted octanol–water partition coefficient (Wildman–Crippen LogP) is 6.00. The van der Waals surface area contributed by atoms with Crippen molar-refractivity contribution in [3.63, 3.8) is 0 Å². The van der Waals surface area contributed by atoms with Gasteiger partial charge in [-0.15, -0.1) is 0 Å². The number of carbonyl (C=O) groups is 1.